The van der Waals surface area contributed by atoms with Crippen LogP contribution in [0.4, 0.5) is 0 Å². The Bertz CT molecular complexity index is 505. The number of nitrogens with one attached hydrogen (secondary N) is 1. The van der Waals surface area contributed by atoms with Gasteiger partial charge in [0.1, 0.15) is 12.4 Å². The van der Waals surface area contributed by atoms with Gasteiger partial charge in [-0.15, -0.1) is 0 Å². The van der Waals surface area contributed by atoms with Crippen molar-refractivity contribution in [3.63, 3.8) is 0 Å². The van der Waals surface area contributed by atoms with Crippen molar-refractivity contribution in [2.45, 2.75) is 32.7 Å². The zero-order chi connectivity index (χ0) is 15.4. The van der Waals surface area contributed by atoms with Crippen molar-refractivity contribution < 1.29 is 9.53 Å². The molecule has 1 aliphatic rings. The first-order valence-corrected chi connectivity index (χ1v) is 7.79. The number of hydrogen-bond donors (Lipinski definition) is 2. The molecule has 0 spiro atoms. The Morgan fingerprint density at radius 1 is 1.52 bits per heavy atom. The highest BCUT2D eigenvalue weighted by molar-refractivity contribution is 6.30. The summed E-state index contributed by atoms with van der Waals surface area (Å²) >= 11 is 6.00. The highest BCUT2D eigenvalue weighted by Crippen LogP contribution is 2.29. The second-order valence-electron chi connectivity index (χ2n) is 6.03. The lowest BCUT2D eigenvalue weighted by molar-refractivity contribution is -0.127. The number of rotatable bonds is 5. The average molecular weight is 311 g/mol. The zero-order valence-corrected chi connectivity index (χ0v) is 13.3. The summed E-state index contributed by atoms with van der Waals surface area (Å²) in [6.07, 6.45) is 1.54. The maximum Gasteiger partial charge on any atom is 0.227 e. The van der Waals surface area contributed by atoms with Crippen molar-refractivity contribution >= 4 is 17.5 Å². The van der Waals surface area contributed by atoms with Gasteiger partial charge in [0.05, 0.1) is 5.92 Å². The number of amides is 1. The summed E-state index contributed by atoms with van der Waals surface area (Å²) in [5, 5.41) is 3.70. The SMILES string of the molecule is CC(C)CC(CN)NC(=O)C1COc2ccc(Cl)cc2C1. The van der Waals surface area contributed by atoms with Gasteiger partial charge in [-0.05, 0) is 42.5 Å². The van der Waals surface area contributed by atoms with E-state index in [4.69, 9.17) is 22.1 Å². The number of benzene rings is 1. The molecule has 1 aromatic carbocycles. The molecule has 116 valence electrons. The molecule has 0 aromatic heterocycles. The van der Waals surface area contributed by atoms with Crippen LogP contribution in [-0.4, -0.2) is 25.1 Å². The lowest BCUT2D eigenvalue weighted by Gasteiger charge is -2.27. The second-order valence-corrected chi connectivity index (χ2v) is 6.47. The minimum absolute atomic E-state index is 0.0109. The molecule has 0 radical (unpaired) electrons. The third-order valence-electron chi connectivity index (χ3n) is 3.69. The minimum atomic E-state index is -0.183. The van der Waals surface area contributed by atoms with Gasteiger partial charge in [0.15, 0.2) is 0 Å². The number of carbonyl (C=O) groups excluding carboxylic acids is 1. The Hall–Kier alpha value is -1.26. The van der Waals surface area contributed by atoms with Crippen LogP contribution in [-0.2, 0) is 11.2 Å². The highest BCUT2D eigenvalue weighted by atomic mass is 35.5. The molecular formula is C16H23ClN2O2. The van der Waals surface area contributed by atoms with Crippen LogP contribution >= 0.6 is 11.6 Å². The van der Waals surface area contributed by atoms with E-state index in [-0.39, 0.29) is 17.9 Å². The van der Waals surface area contributed by atoms with Crippen molar-refractivity contribution in [3.05, 3.63) is 28.8 Å². The maximum atomic E-state index is 12.4. The molecule has 0 fully saturated rings. The summed E-state index contributed by atoms with van der Waals surface area (Å²) in [7, 11) is 0. The second kappa shape index (κ2) is 7.14. The van der Waals surface area contributed by atoms with E-state index in [2.05, 4.69) is 19.2 Å². The van der Waals surface area contributed by atoms with Gasteiger partial charge >= 0.3 is 0 Å². The van der Waals surface area contributed by atoms with Gasteiger partial charge in [-0.3, -0.25) is 4.79 Å². The third kappa shape index (κ3) is 4.35. The summed E-state index contributed by atoms with van der Waals surface area (Å²) < 4.78 is 5.66. The van der Waals surface area contributed by atoms with Gasteiger partial charge in [0.2, 0.25) is 5.91 Å². The first kappa shape index (κ1) is 16.1. The zero-order valence-electron chi connectivity index (χ0n) is 12.6. The summed E-state index contributed by atoms with van der Waals surface area (Å²) in [5.74, 6) is 1.15. The number of carbonyl (C=O) groups is 1. The van der Waals surface area contributed by atoms with Crippen LogP contribution in [0.25, 0.3) is 0 Å². The molecule has 5 heteroatoms. The topological polar surface area (TPSA) is 64.3 Å². The molecule has 2 atom stereocenters. The van der Waals surface area contributed by atoms with E-state index in [9.17, 15) is 4.79 Å². The molecule has 21 heavy (non-hydrogen) atoms. The lowest BCUT2D eigenvalue weighted by Crippen LogP contribution is -2.46. The Labute approximate surface area is 131 Å². The van der Waals surface area contributed by atoms with Gasteiger partial charge in [-0.1, -0.05) is 25.4 Å². The van der Waals surface area contributed by atoms with Crippen LogP contribution in [0.15, 0.2) is 18.2 Å². The Morgan fingerprint density at radius 3 is 2.95 bits per heavy atom. The minimum Gasteiger partial charge on any atom is -0.492 e. The first-order valence-electron chi connectivity index (χ1n) is 7.41. The van der Waals surface area contributed by atoms with Gasteiger partial charge in [0.25, 0.3) is 0 Å². The smallest absolute Gasteiger partial charge is 0.227 e. The first-order chi connectivity index (χ1) is 9.99. The van der Waals surface area contributed by atoms with Crippen molar-refractivity contribution in [3.8, 4) is 5.75 Å². The normalized spacial score (nSPS) is 18.8. The Balaban J connectivity index is 1.98. The van der Waals surface area contributed by atoms with Crippen LogP contribution < -0.4 is 15.8 Å². The van der Waals surface area contributed by atoms with E-state index >= 15 is 0 Å². The van der Waals surface area contributed by atoms with E-state index in [0.717, 1.165) is 17.7 Å². The van der Waals surface area contributed by atoms with Crippen molar-refractivity contribution in [1.29, 1.82) is 0 Å². The van der Waals surface area contributed by atoms with Gasteiger partial charge in [-0.2, -0.15) is 0 Å². The molecule has 0 aliphatic carbocycles. The van der Waals surface area contributed by atoms with Crippen LogP contribution in [0, 0.1) is 11.8 Å². The summed E-state index contributed by atoms with van der Waals surface area (Å²) in [6, 6.07) is 5.55. The summed E-state index contributed by atoms with van der Waals surface area (Å²) in [6.45, 7) is 5.10. The lowest BCUT2D eigenvalue weighted by atomic mass is 9.95. The quantitative estimate of drug-likeness (QED) is 0.877. The van der Waals surface area contributed by atoms with E-state index in [1.807, 2.05) is 12.1 Å². The fourth-order valence-corrected chi connectivity index (χ4v) is 2.83. The largest absolute Gasteiger partial charge is 0.492 e. The molecule has 0 bridgehead atoms. The number of halogens is 1. The van der Waals surface area contributed by atoms with E-state index in [1.54, 1.807) is 6.07 Å². The molecule has 0 saturated carbocycles. The number of ether oxygens (including phenoxy) is 1. The third-order valence-corrected chi connectivity index (χ3v) is 3.92. The Kier molecular flexibility index (Phi) is 5.48. The predicted octanol–water partition coefficient (Wildman–Crippen LogP) is 2.38. The van der Waals surface area contributed by atoms with Crippen LogP contribution in [0.5, 0.6) is 5.75 Å². The van der Waals surface area contributed by atoms with Gasteiger partial charge in [0, 0.05) is 17.6 Å². The summed E-state index contributed by atoms with van der Waals surface area (Å²) in [5.41, 5.74) is 6.72. The number of fused-ring (bicyclic) bond motifs is 1. The molecule has 4 nitrogen and oxygen atoms in total. The molecule has 1 aromatic rings. The van der Waals surface area contributed by atoms with Gasteiger partial charge in [-0.25, -0.2) is 0 Å². The fourth-order valence-electron chi connectivity index (χ4n) is 2.63. The fraction of sp³-hybridized carbons (Fsp3) is 0.562. The summed E-state index contributed by atoms with van der Waals surface area (Å²) in [4.78, 5) is 12.4. The van der Waals surface area contributed by atoms with E-state index < -0.39 is 0 Å². The monoisotopic (exact) mass is 310 g/mol. The maximum absolute atomic E-state index is 12.4. The van der Waals surface area contributed by atoms with Gasteiger partial charge < -0.3 is 15.8 Å². The van der Waals surface area contributed by atoms with Crippen molar-refractivity contribution in [2.24, 2.45) is 17.6 Å². The number of hydrogen-bond acceptors (Lipinski definition) is 3. The average Bonchev–Trinajstić information content (AvgIpc) is 2.45. The van der Waals surface area contributed by atoms with Crippen molar-refractivity contribution in [1.82, 2.24) is 5.32 Å². The molecule has 1 heterocycles. The molecule has 1 aliphatic heterocycles. The highest BCUT2D eigenvalue weighted by Gasteiger charge is 2.27. The molecular weight excluding hydrogens is 288 g/mol. The van der Waals surface area contributed by atoms with E-state index in [0.29, 0.717) is 30.5 Å². The predicted molar refractivity (Wildman–Crippen MR) is 84.6 cm³/mol. The molecule has 2 unspecified atom stereocenters. The van der Waals surface area contributed by atoms with Crippen LogP contribution in [0.1, 0.15) is 25.8 Å². The molecule has 1 amide bonds. The number of nitrogens with two attached hydrogens (primary N) is 1. The Morgan fingerprint density at radius 2 is 2.29 bits per heavy atom. The van der Waals surface area contributed by atoms with E-state index in [1.165, 1.54) is 0 Å². The van der Waals surface area contributed by atoms with Crippen LogP contribution in [0.2, 0.25) is 5.02 Å². The standard InChI is InChI=1S/C16H23ClN2O2/c1-10(2)5-14(8-18)19-16(20)12-6-11-7-13(17)3-4-15(11)21-9-12/h3-4,7,10,12,14H,5-6,8-9,18H2,1-2H3,(H,19,20). The van der Waals surface area contributed by atoms with Crippen LogP contribution in [0.3, 0.4) is 0 Å². The molecule has 0 saturated heterocycles. The van der Waals surface area contributed by atoms with Crippen molar-refractivity contribution in [2.75, 3.05) is 13.2 Å². The molecule has 2 rings (SSSR count). The molecule has 3 N–H and O–H groups in total.